The Bertz CT molecular complexity index is 1500. The largest absolute Gasteiger partial charge is 0.494 e. The predicted molar refractivity (Wildman–Crippen MR) is 198 cm³/mol. The predicted octanol–water partition coefficient (Wildman–Crippen LogP) is 6.80. The van der Waals surface area contributed by atoms with Crippen molar-refractivity contribution in [1.29, 1.82) is 0 Å². The number of thioether (sulfide) groups is 1. The molecule has 0 aromatic heterocycles. The van der Waals surface area contributed by atoms with Gasteiger partial charge < -0.3 is 24.5 Å². The molecule has 0 aliphatic carbocycles. The first kappa shape index (κ1) is 36.5. The minimum atomic E-state index is -0.814. The number of benzene rings is 2. The molecule has 0 saturated carbocycles. The first-order valence-corrected chi connectivity index (χ1v) is 18.9. The Morgan fingerprint density at radius 2 is 1.77 bits per heavy atom. The minimum Gasteiger partial charge on any atom is -0.494 e. The van der Waals surface area contributed by atoms with Crippen molar-refractivity contribution >= 4 is 68.4 Å². The van der Waals surface area contributed by atoms with Crippen molar-refractivity contribution in [3.8, 4) is 5.75 Å². The van der Waals surface area contributed by atoms with Gasteiger partial charge in [0.1, 0.15) is 11.8 Å². The summed E-state index contributed by atoms with van der Waals surface area (Å²) >= 11 is 12.2. The van der Waals surface area contributed by atoms with Crippen LogP contribution in [0.4, 0.5) is 11.4 Å². The molecule has 0 radical (unpaired) electrons. The van der Waals surface area contributed by atoms with Crippen LogP contribution < -0.4 is 14.5 Å². The van der Waals surface area contributed by atoms with Crippen LogP contribution in [0.5, 0.6) is 5.75 Å². The van der Waals surface area contributed by atoms with Crippen LogP contribution in [0.25, 0.3) is 0 Å². The van der Waals surface area contributed by atoms with Crippen LogP contribution >= 0.6 is 39.3 Å². The number of likely N-dealkylation sites (tertiary alicyclic amines) is 1. The van der Waals surface area contributed by atoms with Crippen LogP contribution in [0.15, 0.2) is 67.8 Å². The van der Waals surface area contributed by atoms with E-state index in [2.05, 4.69) is 29.1 Å². The second-order valence-corrected chi connectivity index (χ2v) is 15.8. The third-order valence-corrected chi connectivity index (χ3v) is 13.2. The van der Waals surface area contributed by atoms with E-state index in [4.69, 9.17) is 16.3 Å². The van der Waals surface area contributed by atoms with Gasteiger partial charge in [-0.15, -0.1) is 24.9 Å². The number of rotatable bonds is 16. The van der Waals surface area contributed by atoms with Gasteiger partial charge in [0.05, 0.1) is 33.9 Å². The number of aryl methyl sites for hydroxylation is 1. The number of aliphatic hydroxyl groups is 1. The van der Waals surface area contributed by atoms with Crippen LogP contribution in [0, 0.1) is 18.8 Å². The molecule has 1 N–H and O–H groups in total. The summed E-state index contributed by atoms with van der Waals surface area (Å²) in [5.41, 5.74) is 2.14. The van der Waals surface area contributed by atoms with Crippen molar-refractivity contribution in [3.63, 3.8) is 0 Å². The molecule has 8 nitrogen and oxygen atoms in total. The molecule has 5 rings (SSSR count). The highest BCUT2D eigenvalue weighted by molar-refractivity contribution is 9.09. The number of amides is 3. The summed E-state index contributed by atoms with van der Waals surface area (Å²) in [6.45, 7) is 13.2. The molecular weight excluding hydrogens is 714 g/mol. The normalized spacial score (nSPS) is 25.6. The van der Waals surface area contributed by atoms with Gasteiger partial charge in [-0.05, 0) is 69.0 Å². The highest BCUT2D eigenvalue weighted by Gasteiger charge is 2.76. The summed E-state index contributed by atoms with van der Waals surface area (Å²) in [5.74, 6) is -1.12. The molecule has 2 bridgehead atoms. The lowest BCUT2D eigenvalue weighted by atomic mass is 9.70. The molecule has 2 aromatic carbocycles. The van der Waals surface area contributed by atoms with E-state index < -0.39 is 22.6 Å². The number of anilines is 2. The van der Waals surface area contributed by atoms with Crippen molar-refractivity contribution < 1.29 is 24.2 Å². The Kier molecular flexibility index (Phi) is 12.0. The van der Waals surface area contributed by atoms with E-state index in [0.29, 0.717) is 54.6 Å². The fourth-order valence-electron chi connectivity index (χ4n) is 7.73. The highest BCUT2D eigenvalue weighted by atomic mass is 79.9. The zero-order chi connectivity index (χ0) is 34.6. The zero-order valence-corrected chi connectivity index (χ0v) is 30.8. The molecular formula is C37H45BrClN3O5S. The number of hydrogen-bond donors (Lipinski definition) is 1. The van der Waals surface area contributed by atoms with Gasteiger partial charge in [0.15, 0.2) is 0 Å². The number of ether oxygens (including phenoxy) is 1. The summed E-state index contributed by atoms with van der Waals surface area (Å²) in [6.07, 6.45) is 6.95. The molecule has 3 aliphatic heterocycles. The number of para-hydroxylation sites is 1. The maximum absolute atomic E-state index is 15.0. The lowest BCUT2D eigenvalue weighted by molar-refractivity contribution is -0.139. The summed E-state index contributed by atoms with van der Waals surface area (Å²) < 4.78 is 4.81. The van der Waals surface area contributed by atoms with Gasteiger partial charge in [-0.2, -0.15) is 0 Å². The number of halogens is 2. The van der Waals surface area contributed by atoms with E-state index in [9.17, 15) is 14.7 Å². The standard InChI is InChI=1S/C37H45BrClN3O5S/c1-5-19-40(25-15-17-26(18-16-25)47-7-3)34(44)29-30-35(45)42(21-10-8-9-11-22-43)33(37(30)23-27(38)32(29)48-37)36(46)41(20-6-2)31-24(4)13-12-14-28(31)39/h5-6,12-18,27,29-30,32-33,43H,1-2,7-11,19-23H2,3-4H3/t27?,29-,30+,32-,33?,37?/m1/s1. The average molecular weight is 759 g/mol. The Hall–Kier alpha value is -2.79. The molecule has 3 aliphatic rings. The fraction of sp³-hybridized carbons (Fsp3) is 0.486. The third-order valence-electron chi connectivity index (χ3n) is 9.69. The molecule has 3 saturated heterocycles. The Morgan fingerprint density at radius 1 is 1.08 bits per heavy atom. The second-order valence-electron chi connectivity index (χ2n) is 12.6. The molecule has 11 heteroatoms. The number of fused-ring (bicyclic) bond motifs is 1. The van der Waals surface area contributed by atoms with E-state index >= 15 is 4.79 Å². The van der Waals surface area contributed by atoms with Gasteiger partial charge >= 0.3 is 0 Å². The lowest BCUT2D eigenvalue weighted by Crippen LogP contribution is -2.56. The van der Waals surface area contributed by atoms with Crippen LogP contribution in [0.3, 0.4) is 0 Å². The topological polar surface area (TPSA) is 90.4 Å². The quantitative estimate of drug-likeness (QED) is 0.115. The average Bonchev–Trinajstić information content (AvgIpc) is 3.66. The number of aliphatic hydroxyl groups excluding tert-OH is 1. The molecule has 258 valence electrons. The molecule has 3 heterocycles. The monoisotopic (exact) mass is 757 g/mol. The van der Waals surface area contributed by atoms with Crippen molar-refractivity contribution in [3.05, 3.63) is 78.4 Å². The van der Waals surface area contributed by atoms with Gasteiger partial charge in [-0.3, -0.25) is 14.4 Å². The summed E-state index contributed by atoms with van der Waals surface area (Å²) in [4.78, 5) is 49.5. The number of hydrogen-bond acceptors (Lipinski definition) is 6. The first-order valence-electron chi connectivity index (χ1n) is 16.7. The SMILES string of the molecule is C=CCN(C(=O)[C@H]1[C@@H]2SC3(CC2Br)C(C(=O)N(CC=C)c2c(C)cccc2Cl)N(CCCCCCO)C(=O)[C@H]13)c1ccc(OCC)cc1. The van der Waals surface area contributed by atoms with Crippen LogP contribution in [-0.2, 0) is 14.4 Å². The number of carbonyl (C=O) groups is 3. The minimum absolute atomic E-state index is 0.0684. The zero-order valence-electron chi connectivity index (χ0n) is 27.7. The number of carbonyl (C=O) groups excluding carboxylic acids is 3. The van der Waals surface area contributed by atoms with Gasteiger partial charge in [0, 0.05) is 42.0 Å². The van der Waals surface area contributed by atoms with Gasteiger partial charge in [0.25, 0.3) is 5.91 Å². The van der Waals surface area contributed by atoms with Gasteiger partial charge in [0.2, 0.25) is 11.8 Å². The van der Waals surface area contributed by atoms with Gasteiger partial charge in [-0.1, -0.05) is 64.7 Å². The van der Waals surface area contributed by atoms with E-state index in [0.717, 1.165) is 18.4 Å². The van der Waals surface area contributed by atoms with Crippen LogP contribution in [-0.4, -0.2) is 81.4 Å². The first-order chi connectivity index (χ1) is 23.1. The Labute approximate surface area is 301 Å². The van der Waals surface area contributed by atoms with Crippen LogP contribution in [0.2, 0.25) is 5.02 Å². The van der Waals surface area contributed by atoms with E-state index in [-0.39, 0.29) is 47.5 Å². The maximum Gasteiger partial charge on any atom is 0.251 e. The van der Waals surface area contributed by atoms with E-state index in [1.165, 1.54) is 0 Å². The summed E-state index contributed by atoms with van der Waals surface area (Å²) in [7, 11) is 0. The molecule has 3 amide bonds. The van der Waals surface area contributed by atoms with Crippen molar-refractivity contribution in [2.45, 2.75) is 66.8 Å². The smallest absolute Gasteiger partial charge is 0.251 e. The Balaban J connectivity index is 1.56. The third kappa shape index (κ3) is 6.70. The summed E-state index contributed by atoms with van der Waals surface area (Å²) in [6, 6.07) is 12.1. The molecule has 6 atom stereocenters. The van der Waals surface area contributed by atoms with Gasteiger partial charge in [-0.25, -0.2) is 0 Å². The van der Waals surface area contributed by atoms with E-state index in [1.807, 2.05) is 50.2 Å². The van der Waals surface area contributed by atoms with Crippen molar-refractivity contribution in [2.75, 3.05) is 42.6 Å². The number of unbranched alkanes of at least 4 members (excludes halogenated alkanes) is 3. The lowest BCUT2D eigenvalue weighted by Gasteiger charge is -2.39. The molecule has 48 heavy (non-hydrogen) atoms. The molecule has 3 unspecified atom stereocenters. The number of alkyl halides is 1. The summed E-state index contributed by atoms with van der Waals surface area (Å²) in [5, 5.41) is 9.55. The number of nitrogens with zero attached hydrogens (tertiary/aromatic N) is 3. The molecule has 2 aromatic rings. The Morgan fingerprint density at radius 3 is 2.42 bits per heavy atom. The highest BCUT2D eigenvalue weighted by Crippen LogP contribution is 2.68. The molecule has 3 fully saturated rings. The molecule has 1 spiro atoms. The van der Waals surface area contributed by atoms with Crippen molar-refractivity contribution in [2.24, 2.45) is 11.8 Å². The van der Waals surface area contributed by atoms with E-state index in [1.54, 1.807) is 44.7 Å². The fourth-order valence-corrected chi connectivity index (χ4v) is 11.7. The second kappa shape index (κ2) is 15.8. The van der Waals surface area contributed by atoms with Crippen LogP contribution in [0.1, 0.15) is 44.6 Å². The maximum atomic E-state index is 15.0. The van der Waals surface area contributed by atoms with Crippen molar-refractivity contribution in [1.82, 2.24) is 4.90 Å².